The zero-order valence-corrected chi connectivity index (χ0v) is 15.5. The molecule has 0 atom stereocenters. The van der Waals surface area contributed by atoms with Crippen LogP contribution in [0.25, 0.3) is 17.0 Å². The SMILES string of the molecule is CN(C)C(=O)/C(C#N)=C/c1cc2cc3c4c(c2oc1=O)CCCN4CCC3. The maximum absolute atomic E-state index is 12.6. The number of nitriles is 1. The van der Waals surface area contributed by atoms with Gasteiger partial charge in [0, 0.05) is 43.8 Å². The van der Waals surface area contributed by atoms with E-state index in [1.54, 1.807) is 20.2 Å². The second-order valence-corrected chi connectivity index (χ2v) is 7.33. The summed E-state index contributed by atoms with van der Waals surface area (Å²) in [5.41, 5.74) is 3.91. The zero-order valence-electron chi connectivity index (χ0n) is 15.5. The number of likely N-dealkylation sites (N-methyl/N-ethyl adjacent to an activating group) is 1. The summed E-state index contributed by atoms with van der Waals surface area (Å²) >= 11 is 0. The third-order valence-corrected chi connectivity index (χ3v) is 5.30. The molecule has 2 aliphatic rings. The molecule has 2 aliphatic heterocycles. The van der Waals surface area contributed by atoms with Crippen LogP contribution in [0, 0.1) is 11.3 Å². The molecular weight excluding hydrogens is 342 g/mol. The van der Waals surface area contributed by atoms with Crippen LogP contribution in [0.4, 0.5) is 5.69 Å². The first kappa shape index (κ1) is 17.3. The molecule has 0 saturated heterocycles. The highest BCUT2D eigenvalue weighted by atomic mass is 16.4. The second-order valence-electron chi connectivity index (χ2n) is 7.33. The summed E-state index contributed by atoms with van der Waals surface area (Å²) < 4.78 is 5.69. The zero-order chi connectivity index (χ0) is 19.1. The van der Waals surface area contributed by atoms with Crippen LogP contribution in [0.1, 0.15) is 29.5 Å². The lowest BCUT2D eigenvalue weighted by atomic mass is 9.90. The lowest BCUT2D eigenvalue weighted by molar-refractivity contribution is -0.124. The molecular formula is C21H21N3O3. The van der Waals surface area contributed by atoms with E-state index in [1.807, 2.05) is 6.07 Å². The maximum Gasteiger partial charge on any atom is 0.343 e. The molecule has 0 N–H and O–H groups in total. The van der Waals surface area contributed by atoms with Crippen molar-refractivity contribution >= 4 is 28.6 Å². The van der Waals surface area contributed by atoms with E-state index < -0.39 is 11.5 Å². The predicted octanol–water partition coefficient (Wildman–Crippen LogP) is 2.49. The minimum Gasteiger partial charge on any atom is -0.422 e. The van der Waals surface area contributed by atoms with Crippen molar-refractivity contribution in [3.63, 3.8) is 0 Å². The van der Waals surface area contributed by atoms with Crippen molar-refractivity contribution in [3.05, 3.63) is 44.8 Å². The lowest BCUT2D eigenvalue weighted by Gasteiger charge is -2.37. The van der Waals surface area contributed by atoms with E-state index in [0.717, 1.165) is 49.7 Å². The van der Waals surface area contributed by atoms with Crippen LogP contribution < -0.4 is 10.5 Å². The summed E-state index contributed by atoms with van der Waals surface area (Å²) in [5, 5.41) is 10.1. The molecule has 0 unspecified atom stereocenters. The van der Waals surface area contributed by atoms with E-state index in [9.17, 15) is 14.9 Å². The number of rotatable bonds is 2. The predicted molar refractivity (Wildman–Crippen MR) is 104 cm³/mol. The Morgan fingerprint density at radius 2 is 2.00 bits per heavy atom. The molecule has 6 nitrogen and oxygen atoms in total. The Kier molecular flexibility index (Phi) is 4.23. The molecule has 1 amide bonds. The second kappa shape index (κ2) is 6.58. The number of carbonyl (C=O) groups excluding carboxylic acids is 1. The molecule has 0 radical (unpaired) electrons. The van der Waals surface area contributed by atoms with Crippen LogP contribution in [0.5, 0.6) is 0 Å². The average molecular weight is 363 g/mol. The average Bonchev–Trinajstić information content (AvgIpc) is 2.67. The summed E-state index contributed by atoms with van der Waals surface area (Å²) in [5.74, 6) is -0.437. The molecule has 0 fully saturated rings. The van der Waals surface area contributed by atoms with Gasteiger partial charge in [-0.05, 0) is 49.5 Å². The Balaban J connectivity index is 1.90. The van der Waals surface area contributed by atoms with Crippen molar-refractivity contribution < 1.29 is 9.21 Å². The van der Waals surface area contributed by atoms with Gasteiger partial charge in [-0.3, -0.25) is 4.79 Å². The molecule has 0 aliphatic carbocycles. The standard InChI is InChI=1S/C21H21N3O3/c1-23(2)20(25)16(12-22)11-15-10-14-9-13-5-3-7-24-8-4-6-17(18(13)24)19(14)27-21(15)26/h9-11H,3-8H2,1-2H3/b16-11+. The van der Waals surface area contributed by atoms with Gasteiger partial charge in [0.05, 0.1) is 5.56 Å². The van der Waals surface area contributed by atoms with Crippen LogP contribution in [0.15, 0.2) is 26.9 Å². The van der Waals surface area contributed by atoms with Crippen molar-refractivity contribution in [1.82, 2.24) is 4.90 Å². The molecule has 1 aromatic carbocycles. The van der Waals surface area contributed by atoms with Crippen molar-refractivity contribution in [3.8, 4) is 6.07 Å². The topological polar surface area (TPSA) is 77.5 Å². The van der Waals surface area contributed by atoms with E-state index in [4.69, 9.17) is 4.42 Å². The third kappa shape index (κ3) is 2.89. The Morgan fingerprint density at radius 3 is 2.70 bits per heavy atom. The summed E-state index contributed by atoms with van der Waals surface area (Å²) in [4.78, 5) is 28.3. The molecule has 0 saturated carbocycles. The smallest absolute Gasteiger partial charge is 0.343 e. The number of fused-ring (bicyclic) bond motifs is 2. The number of benzene rings is 1. The van der Waals surface area contributed by atoms with Crippen LogP contribution in [0.3, 0.4) is 0 Å². The Labute approximate surface area is 157 Å². The van der Waals surface area contributed by atoms with Gasteiger partial charge in [0.15, 0.2) is 0 Å². The van der Waals surface area contributed by atoms with Gasteiger partial charge < -0.3 is 14.2 Å². The van der Waals surface area contributed by atoms with Crippen molar-refractivity contribution in [2.75, 3.05) is 32.1 Å². The number of nitrogens with zero attached hydrogens (tertiary/aromatic N) is 3. The molecule has 2 aromatic rings. The van der Waals surface area contributed by atoms with Gasteiger partial charge >= 0.3 is 5.63 Å². The largest absolute Gasteiger partial charge is 0.422 e. The minimum absolute atomic E-state index is 0.0860. The van der Waals surface area contributed by atoms with Crippen molar-refractivity contribution in [2.45, 2.75) is 25.7 Å². The van der Waals surface area contributed by atoms with Gasteiger partial charge in [-0.25, -0.2) is 4.79 Å². The molecule has 138 valence electrons. The number of carbonyl (C=O) groups is 1. The first-order chi connectivity index (χ1) is 13.0. The fourth-order valence-corrected chi connectivity index (χ4v) is 4.10. The van der Waals surface area contributed by atoms with Gasteiger partial charge in [-0.2, -0.15) is 5.26 Å². The molecule has 0 spiro atoms. The summed E-state index contributed by atoms with van der Waals surface area (Å²) in [7, 11) is 3.14. The monoisotopic (exact) mass is 363 g/mol. The molecule has 4 rings (SSSR count). The third-order valence-electron chi connectivity index (χ3n) is 5.30. The van der Waals surface area contributed by atoms with Gasteiger partial charge in [0.25, 0.3) is 5.91 Å². The Hall–Kier alpha value is -3.07. The first-order valence-corrected chi connectivity index (χ1v) is 9.20. The molecule has 1 aromatic heterocycles. The highest BCUT2D eigenvalue weighted by Crippen LogP contribution is 2.39. The summed E-state index contributed by atoms with van der Waals surface area (Å²) in [6.45, 7) is 2.10. The Bertz CT molecular complexity index is 1070. The molecule has 3 heterocycles. The molecule has 0 bridgehead atoms. The summed E-state index contributed by atoms with van der Waals surface area (Å²) in [6.07, 6.45) is 5.41. The number of aryl methyl sites for hydroxylation is 2. The summed E-state index contributed by atoms with van der Waals surface area (Å²) in [6, 6.07) is 5.71. The minimum atomic E-state index is -0.522. The van der Waals surface area contributed by atoms with E-state index in [2.05, 4.69) is 11.0 Å². The van der Waals surface area contributed by atoms with Crippen LogP contribution in [0.2, 0.25) is 0 Å². The highest BCUT2D eigenvalue weighted by Gasteiger charge is 2.27. The quantitative estimate of drug-likeness (QED) is 0.465. The number of amides is 1. The van der Waals surface area contributed by atoms with Crippen LogP contribution in [-0.2, 0) is 17.6 Å². The maximum atomic E-state index is 12.6. The fraction of sp³-hybridized carbons (Fsp3) is 0.381. The van der Waals surface area contributed by atoms with Crippen molar-refractivity contribution in [1.29, 1.82) is 5.26 Å². The van der Waals surface area contributed by atoms with Crippen molar-refractivity contribution in [2.24, 2.45) is 0 Å². The highest BCUT2D eigenvalue weighted by molar-refractivity contribution is 6.01. The first-order valence-electron chi connectivity index (χ1n) is 9.20. The number of anilines is 1. The van der Waals surface area contributed by atoms with Crippen LogP contribution >= 0.6 is 0 Å². The fourth-order valence-electron chi connectivity index (χ4n) is 4.10. The van der Waals surface area contributed by atoms with E-state index in [-0.39, 0.29) is 11.1 Å². The van der Waals surface area contributed by atoms with Gasteiger partial charge in [-0.1, -0.05) is 0 Å². The number of hydrogen-bond acceptors (Lipinski definition) is 5. The van der Waals surface area contributed by atoms with Gasteiger partial charge in [-0.15, -0.1) is 0 Å². The normalized spacial score (nSPS) is 16.0. The van der Waals surface area contributed by atoms with Crippen LogP contribution in [-0.4, -0.2) is 38.0 Å². The Morgan fingerprint density at radius 1 is 1.26 bits per heavy atom. The van der Waals surface area contributed by atoms with Gasteiger partial charge in [0.1, 0.15) is 17.2 Å². The number of hydrogen-bond donors (Lipinski definition) is 0. The van der Waals surface area contributed by atoms with Gasteiger partial charge in [0.2, 0.25) is 0 Å². The van der Waals surface area contributed by atoms with E-state index in [0.29, 0.717) is 5.58 Å². The lowest BCUT2D eigenvalue weighted by Crippen LogP contribution is -2.34. The van der Waals surface area contributed by atoms with E-state index in [1.165, 1.54) is 22.2 Å². The molecule has 6 heteroatoms. The van der Waals surface area contributed by atoms with E-state index >= 15 is 0 Å². The molecule has 27 heavy (non-hydrogen) atoms.